The van der Waals surface area contributed by atoms with Crippen molar-refractivity contribution < 1.29 is 14.1 Å². The van der Waals surface area contributed by atoms with E-state index in [1.807, 2.05) is 35.0 Å². The molecular weight excluding hydrogens is 328 g/mol. The fourth-order valence-electron chi connectivity index (χ4n) is 2.17. The Kier molecular flexibility index (Phi) is 5.14. The lowest BCUT2D eigenvalue weighted by Gasteiger charge is -2.08. The summed E-state index contributed by atoms with van der Waals surface area (Å²) in [5.41, 5.74) is 1.92. The molecule has 0 aromatic carbocycles. The molecule has 7 nitrogen and oxygen atoms in total. The van der Waals surface area contributed by atoms with Gasteiger partial charge in [0.15, 0.2) is 11.9 Å². The fourth-order valence-corrected chi connectivity index (χ4v) is 2.98. The van der Waals surface area contributed by atoms with E-state index in [-0.39, 0.29) is 5.97 Å². The predicted octanol–water partition coefficient (Wildman–Crippen LogP) is 2.95. The number of esters is 1. The zero-order chi connectivity index (χ0) is 16.9. The lowest BCUT2D eigenvalue weighted by molar-refractivity contribution is -0.149. The van der Waals surface area contributed by atoms with Crippen LogP contribution < -0.4 is 0 Å². The maximum atomic E-state index is 11.8. The van der Waals surface area contributed by atoms with E-state index in [9.17, 15) is 4.79 Å². The molecule has 0 radical (unpaired) electrons. The van der Waals surface area contributed by atoms with Crippen LogP contribution in [0.2, 0.25) is 0 Å². The highest BCUT2D eigenvalue weighted by Gasteiger charge is 2.17. The summed E-state index contributed by atoms with van der Waals surface area (Å²) in [5, 5.41) is 3.68. The van der Waals surface area contributed by atoms with Crippen LogP contribution in [0.4, 0.5) is 0 Å². The molecule has 0 saturated heterocycles. The van der Waals surface area contributed by atoms with Crippen molar-refractivity contribution in [3.63, 3.8) is 0 Å². The number of carbonyl (C=O) groups excluding carboxylic acids is 1. The Balaban J connectivity index is 1.40. The van der Waals surface area contributed by atoms with E-state index < -0.39 is 6.10 Å². The minimum Gasteiger partial charge on any atom is -0.453 e. The van der Waals surface area contributed by atoms with Crippen molar-refractivity contribution in [1.29, 1.82) is 0 Å². The van der Waals surface area contributed by atoms with Gasteiger partial charge in [0, 0.05) is 23.9 Å². The average Bonchev–Trinajstić information content (AvgIpc) is 3.17. The minimum absolute atomic E-state index is 0.277. The Morgan fingerprint density at radius 1 is 1.42 bits per heavy atom. The molecular formula is C16H18N4O3S. The summed E-state index contributed by atoms with van der Waals surface area (Å²) in [5.74, 6) is 1.99. The zero-order valence-electron chi connectivity index (χ0n) is 13.5. The van der Waals surface area contributed by atoms with E-state index in [2.05, 4.69) is 15.1 Å². The SMILES string of the molecule is Cc1noc(C(C)OC(=O)CCSCc2cn3ccccc3n2)n1. The van der Waals surface area contributed by atoms with Crippen molar-refractivity contribution in [3.8, 4) is 0 Å². The molecule has 3 heterocycles. The van der Waals surface area contributed by atoms with E-state index in [4.69, 9.17) is 9.26 Å². The molecule has 24 heavy (non-hydrogen) atoms. The Hall–Kier alpha value is -2.35. The Morgan fingerprint density at radius 2 is 2.29 bits per heavy atom. The Labute approximate surface area is 143 Å². The molecule has 0 aliphatic heterocycles. The van der Waals surface area contributed by atoms with E-state index >= 15 is 0 Å². The molecule has 3 aromatic rings. The van der Waals surface area contributed by atoms with Gasteiger partial charge >= 0.3 is 5.97 Å². The van der Waals surface area contributed by atoms with Gasteiger partial charge in [-0.3, -0.25) is 4.79 Å². The number of imidazole rings is 1. The summed E-state index contributed by atoms with van der Waals surface area (Å²) >= 11 is 1.65. The molecule has 0 aliphatic rings. The lowest BCUT2D eigenvalue weighted by atomic mass is 10.4. The molecule has 0 spiro atoms. The van der Waals surface area contributed by atoms with Crippen LogP contribution in [0.1, 0.15) is 36.9 Å². The number of aryl methyl sites for hydroxylation is 1. The number of thioether (sulfide) groups is 1. The largest absolute Gasteiger partial charge is 0.453 e. The number of hydrogen-bond acceptors (Lipinski definition) is 7. The second-order valence-electron chi connectivity index (χ2n) is 5.31. The van der Waals surface area contributed by atoms with Gasteiger partial charge in [0.2, 0.25) is 0 Å². The first kappa shape index (κ1) is 16.5. The van der Waals surface area contributed by atoms with Crippen LogP contribution in [0, 0.1) is 6.92 Å². The van der Waals surface area contributed by atoms with Gasteiger partial charge in [-0.15, -0.1) is 0 Å². The number of ether oxygens (including phenoxy) is 1. The topological polar surface area (TPSA) is 82.5 Å². The molecule has 0 bridgehead atoms. The van der Waals surface area contributed by atoms with Crippen LogP contribution in [0.25, 0.3) is 5.65 Å². The standard InChI is InChI=1S/C16H18N4O3S/c1-11(16-17-12(2)19-23-16)22-15(21)6-8-24-10-13-9-20-7-4-3-5-14(20)18-13/h3-5,7,9,11H,6,8,10H2,1-2H3. The van der Waals surface area contributed by atoms with Crippen LogP contribution in [-0.2, 0) is 15.3 Å². The summed E-state index contributed by atoms with van der Waals surface area (Å²) in [6.45, 7) is 3.44. The Bertz CT molecular complexity index is 796. The molecule has 0 fully saturated rings. The van der Waals surface area contributed by atoms with Gasteiger partial charge in [0.1, 0.15) is 5.65 Å². The predicted molar refractivity (Wildman–Crippen MR) is 89.5 cm³/mol. The first-order chi connectivity index (χ1) is 11.6. The number of aromatic nitrogens is 4. The van der Waals surface area contributed by atoms with E-state index in [0.717, 1.165) is 17.1 Å². The van der Waals surface area contributed by atoms with Gasteiger partial charge < -0.3 is 13.7 Å². The van der Waals surface area contributed by atoms with Gasteiger partial charge in [-0.2, -0.15) is 16.7 Å². The molecule has 1 unspecified atom stereocenters. The fraction of sp³-hybridized carbons (Fsp3) is 0.375. The molecule has 0 N–H and O–H groups in total. The van der Waals surface area contributed by atoms with Crippen LogP contribution >= 0.6 is 11.8 Å². The molecule has 126 valence electrons. The molecule has 1 atom stereocenters. The van der Waals surface area contributed by atoms with Crippen molar-refractivity contribution in [2.24, 2.45) is 0 Å². The normalized spacial score (nSPS) is 12.4. The number of rotatable bonds is 7. The van der Waals surface area contributed by atoms with Gasteiger partial charge in [0.05, 0.1) is 12.1 Å². The maximum absolute atomic E-state index is 11.8. The number of carbonyl (C=O) groups is 1. The van der Waals surface area contributed by atoms with E-state index in [1.165, 1.54) is 0 Å². The lowest BCUT2D eigenvalue weighted by Crippen LogP contribution is -2.10. The molecule has 3 rings (SSSR count). The van der Waals surface area contributed by atoms with Gasteiger partial charge in [-0.25, -0.2) is 4.98 Å². The third kappa shape index (κ3) is 4.14. The second-order valence-corrected chi connectivity index (χ2v) is 6.42. The third-order valence-corrected chi connectivity index (χ3v) is 4.31. The smallest absolute Gasteiger partial charge is 0.307 e. The molecule has 3 aromatic heterocycles. The monoisotopic (exact) mass is 346 g/mol. The van der Waals surface area contributed by atoms with Crippen molar-refractivity contribution in [2.75, 3.05) is 5.75 Å². The van der Waals surface area contributed by atoms with E-state index in [0.29, 0.717) is 23.9 Å². The number of pyridine rings is 1. The molecule has 8 heteroatoms. The molecule has 0 saturated carbocycles. The zero-order valence-corrected chi connectivity index (χ0v) is 14.3. The van der Waals surface area contributed by atoms with Gasteiger partial charge in [-0.05, 0) is 26.0 Å². The van der Waals surface area contributed by atoms with Gasteiger partial charge in [-0.1, -0.05) is 11.2 Å². The van der Waals surface area contributed by atoms with Crippen molar-refractivity contribution in [2.45, 2.75) is 32.1 Å². The van der Waals surface area contributed by atoms with Crippen molar-refractivity contribution in [1.82, 2.24) is 19.5 Å². The summed E-state index contributed by atoms with van der Waals surface area (Å²) in [7, 11) is 0. The first-order valence-electron chi connectivity index (χ1n) is 7.62. The highest BCUT2D eigenvalue weighted by molar-refractivity contribution is 7.98. The quantitative estimate of drug-likeness (QED) is 0.480. The number of hydrogen-bond donors (Lipinski definition) is 0. The van der Waals surface area contributed by atoms with Crippen molar-refractivity contribution >= 4 is 23.4 Å². The summed E-state index contributed by atoms with van der Waals surface area (Å²) in [6.07, 6.45) is 3.77. The Morgan fingerprint density at radius 3 is 3.04 bits per heavy atom. The molecule has 0 aliphatic carbocycles. The van der Waals surface area contributed by atoms with Crippen LogP contribution in [0.3, 0.4) is 0 Å². The third-order valence-electron chi connectivity index (χ3n) is 3.31. The highest BCUT2D eigenvalue weighted by atomic mass is 32.2. The highest BCUT2D eigenvalue weighted by Crippen LogP contribution is 2.17. The molecule has 0 amide bonds. The average molecular weight is 346 g/mol. The first-order valence-corrected chi connectivity index (χ1v) is 8.77. The van der Waals surface area contributed by atoms with E-state index in [1.54, 1.807) is 25.6 Å². The summed E-state index contributed by atoms with van der Waals surface area (Å²) in [6, 6.07) is 5.89. The second kappa shape index (κ2) is 7.48. The van der Waals surface area contributed by atoms with Gasteiger partial charge in [0.25, 0.3) is 5.89 Å². The minimum atomic E-state index is -0.526. The summed E-state index contributed by atoms with van der Waals surface area (Å²) < 4.78 is 12.3. The van der Waals surface area contributed by atoms with Crippen molar-refractivity contribution in [3.05, 3.63) is 48.0 Å². The maximum Gasteiger partial charge on any atom is 0.307 e. The van der Waals surface area contributed by atoms with Crippen LogP contribution in [-0.4, -0.2) is 31.2 Å². The summed E-state index contributed by atoms with van der Waals surface area (Å²) in [4.78, 5) is 20.4. The van der Waals surface area contributed by atoms with Crippen LogP contribution in [0.15, 0.2) is 35.1 Å². The van der Waals surface area contributed by atoms with Crippen LogP contribution in [0.5, 0.6) is 0 Å². The number of fused-ring (bicyclic) bond motifs is 1. The number of nitrogens with zero attached hydrogens (tertiary/aromatic N) is 4.